The van der Waals surface area contributed by atoms with Gasteiger partial charge in [-0.2, -0.15) is 0 Å². The third kappa shape index (κ3) is 3.33. The molecule has 2 fully saturated rings. The minimum absolute atomic E-state index is 0. The second kappa shape index (κ2) is 6.59. The summed E-state index contributed by atoms with van der Waals surface area (Å²) in [6.45, 7) is 0. The van der Waals surface area contributed by atoms with Crippen LogP contribution in [0.15, 0.2) is 30.3 Å². The van der Waals surface area contributed by atoms with E-state index < -0.39 is 0 Å². The molecular formula is C16H22ClNO2. The van der Waals surface area contributed by atoms with Crippen molar-refractivity contribution in [2.24, 2.45) is 0 Å². The van der Waals surface area contributed by atoms with Crippen LogP contribution in [-0.4, -0.2) is 36.1 Å². The fraction of sp³-hybridized carbons (Fsp3) is 0.562. The molecule has 0 spiro atoms. The Morgan fingerprint density at radius 2 is 1.80 bits per heavy atom. The first kappa shape index (κ1) is 15.3. The quantitative estimate of drug-likeness (QED) is 0.803. The van der Waals surface area contributed by atoms with E-state index in [2.05, 4.69) is 11.9 Å². The number of halogens is 1. The minimum Gasteiger partial charge on any atom is -0.462 e. The molecule has 0 N–H and O–H groups in total. The van der Waals surface area contributed by atoms with E-state index in [4.69, 9.17) is 4.74 Å². The van der Waals surface area contributed by atoms with Crippen LogP contribution in [0, 0.1) is 0 Å². The van der Waals surface area contributed by atoms with Gasteiger partial charge in [0.1, 0.15) is 6.10 Å². The van der Waals surface area contributed by atoms with Crippen LogP contribution in [0.4, 0.5) is 0 Å². The molecule has 0 aliphatic carbocycles. The van der Waals surface area contributed by atoms with Crippen molar-refractivity contribution in [1.82, 2.24) is 4.90 Å². The highest BCUT2D eigenvalue weighted by atomic mass is 35.5. The van der Waals surface area contributed by atoms with Gasteiger partial charge in [0.15, 0.2) is 0 Å². The number of carbonyl (C=O) groups excluding carboxylic acids is 1. The lowest BCUT2D eigenvalue weighted by Gasteiger charge is -2.35. The maximum Gasteiger partial charge on any atom is 0.310 e. The van der Waals surface area contributed by atoms with Gasteiger partial charge in [-0.25, -0.2) is 0 Å². The third-order valence-corrected chi connectivity index (χ3v) is 4.54. The molecule has 2 aliphatic heterocycles. The minimum atomic E-state index is -0.0832. The number of rotatable bonds is 3. The Kier molecular flexibility index (Phi) is 5.06. The third-order valence-electron chi connectivity index (χ3n) is 4.54. The Hall–Kier alpha value is -1.06. The molecule has 0 amide bonds. The number of benzene rings is 1. The van der Waals surface area contributed by atoms with Crippen molar-refractivity contribution in [1.29, 1.82) is 0 Å². The molecule has 0 radical (unpaired) electrons. The fourth-order valence-electron chi connectivity index (χ4n) is 3.45. The van der Waals surface area contributed by atoms with Gasteiger partial charge >= 0.3 is 5.97 Å². The van der Waals surface area contributed by atoms with Gasteiger partial charge in [0.05, 0.1) is 6.42 Å². The first-order valence-electron chi connectivity index (χ1n) is 7.17. The largest absolute Gasteiger partial charge is 0.462 e. The van der Waals surface area contributed by atoms with E-state index in [1.165, 1.54) is 12.8 Å². The van der Waals surface area contributed by atoms with Crippen molar-refractivity contribution in [2.45, 2.75) is 50.3 Å². The summed E-state index contributed by atoms with van der Waals surface area (Å²) in [6, 6.07) is 11.1. The van der Waals surface area contributed by atoms with Crippen molar-refractivity contribution in [3.8, 4) is 0 Å². The lowest BCUT2D eigenvalue weighted by Crippen LogP contribution is -2.43. The molecule has 20 heavy (non-hydrogen) atoms. The summed E-state index contributed by atoms with van der Waals surface area (Å²) in [5.74, 6) is -0.0832. The van der Waals surface area contributed by atoms with E-state index in [-0.39, 0.29) is 24.5 Å². The van der Waals surface area contributed by atoms with Gasteiger partial charge in [-0.3, -0.25) is 4.79 Å². The molecule has 2 heterocycles. The van der Waals surface area contributed by atoms with Crippen molar-refractivity contribution in [2.75, 3.05) is 7.05 Å². The molecule has 0 aromatic heterocycles. The van der Waals surface area contributed by atoms with Gasteiger partial charge in [-0.1, -0.05) is 30.3 Å². The van der Waals surface area contributed by atoms with Crippen LogP contribution in [0.5, 0.6) is 0 Å². The first-order chi connectivity index (χ1) is 9.22. The van der Waals surface area contributed by atoms with Crippen LogP contribution < -0.4 is 0 Å². The first-order valence-corrected chi connectivity index (χ1v) is 7.17. The van der Waals surface area contributed by atoms with E-state index in [1.807, 2.05) is 30.3 Å². The number of hydrogen-bond donors (Lipinski definition) is 0. The van der Waals surface area contributed by atoms with Crippen molar-refractivity contribution >= 4 is 18.4 Å². The Bertz CT molecular complexity index is 437. The summed E-state index contributed by atoms with van der Waals surface area (Å²) in [6.07, 6.45) is 5.05. The molecule has 0 saturated carbocycles. The molecular weight excluding hydrogens is 274 g/mol. The van der Waals surface area contributed by atoms with Crippen LogP contribution >= 0.6 is 12.4 Å². The van der Waals surface area contributed by atoms with Crippen LogP contribution in [0.1, 0.15) is 31.2 Å². The van der Waals surface area contributed by atoms with Gasteiger partial charge in [-0.15, -0.1) is 12.4 Å². The highest BCUT2D eigenvalue weighted by Gasteiger charge is 2.39. The van der Waals surface area contributed by atoms with E-state index in [9.17, 15) is 4.79 Å². The van der Waals surface area contributed by atoms with Gasteiger partial charge in [0.25, 0.3) is 0 Å². The summed E-state index contributed by atoms with van der Waals surface area (Å²) >= 11 is 0. The Labute approximate surface area is 126 Å². The number of ether oxygens (including phenoxy) is 1. The second-order valence-corrected chi connectivity index (χ2v) is 5.80. The average molecular weight is 296 g/mol. The van der Waals surface area contributed by atoms with Gasteiger partial charge < -0.3 is 9.64 Å². The van der Waals surface area contributed by atoms with Crippen LogP contribution in [0.25, 0.3) is 0 Å². The lowest BCUT2D eigenvalue weighted by molar-refractivity contribution is -0.151. The molecule has 2 unspecified atom stereocenters. The number of esters is 1. The van der Waals surface area contributed by atoms with Gasteiger partial charge in [-0.05, 0) is 38.3 Å². The maximum absolute atomic E-state index is 12.0. The molecule has 1 aromatic carbocycles. The number of hydrogen-bond acceptors (Lipinski definition) is 3. The molecule has 2 atom stereocenters. The zero-order valence-corrected chi connectivity index (χ0v) is 12.6. The molecule has 3 rings (SSSR count). The zero-order valence-electron chi connectivity index (χ0n) is 11.8. The highest BCUT2D eigenvalue weighted by Crippen LogP contribution is 2.35. The zero-order chi connectivity index (χ0) is 13.2. The number of carbonyl (C=O) groups is 1. The predicted molar refractivity (Wildman–Crippen MR) is 81.1 cm³/mol. The summed E-state index contributed by atoms with van der Waals surface area (Å²) < 4.78 is 5.66. The summed E-state index contributed by atoms with van der Waals surface area (Å²) in [5.41, 5.74) is 1.03. The molecule has 3 nitrogen and oxygen atoms in total. The van der Waals surface area contributed by atoms with Gasteiger partial charge in [0.2, 0.25) is 0 Å². The van der Waals surface area contributed by atoms with E-state index in [0.29, 0.717) is 18.5 Å². The molecule has 1 aromatic rings. The lowest BCUT2D eigenvalue weighted by atomic mass is 10.0. The van der Waals surface area contributed by atoms with Crippen LogP contribution in [-0.2, 0) is 16.0 Å². The monoisotopic (exact) mass is 295 g/mol. The Morgan fingerprint density at radius 3 is 2.40 bits per heavy atom. The summed E-state index contributed by atoms with van der Waals surface area (Å²) in [7, 11) is 2.20. The smallest absolute Gasteiger partial charge is 0.310 e. The molecule has 4 heteroatoms. The predicted octanol–water partition coefficient (Wildman–Crippen LogP) is 2.82. The van der Waals surface area contributed by atoms with Gasteiger partial charge in [0, 0.05) is 12.1 Å². The van der Waals surface area contributed by atoms with E-state index in [0.717, 1.165) is 18.4 Å². The molecule has 2 bridgehead atoms. The SMILES string of the molecule is CN1C2CCC1CC(OC(=O)Cc1ccccc1)C2.Cl. The normalized spacial score (nSPS) is 28.8. The van der Waals surface area contributed by atoms with Crippen LogP contribution in [0.2, 0.25) is 0 Å². The Morgan fingerprint density at radius 1 is 1.20 bits per heavy atom. The van der Waals surface area contributed by atoms with E-state index >= 15 is 0 Å². The fourth-order valence-corrected chi connectivity index (χ4v) is 3.45. The van der Waals surface area contributed by atoms with E-state index in [1.54, 1.807) is 0 Å². The highest BCUT2D eigenvalue weighted by molar-refractivity contribution is 5.85. The summed E-state index contributed by atoms with van der Waals surface area (Å²) in [4.78, 5) is 14.4. The topological polar surface area (TPSA) is 29.5 Å². The summed E-state index contributed by atoms with van der Waals surface area (Å²) in [5, 5.41) is 0. The van der Waals surface area contributed by atoms with Crippen molar-refractivity contribution in [3.05, 3.63) is 35.9 Å². The van der Waals surface area contributed by atoms with Crippen LogP contribution in [0.3, 0.4) is 0 Å². The van der Waals surface area contributed by atoms with Crippen molar-refractivity contribution < 1.29 is 9.53 Å². The second-order valence-electron chi connectivity index (χ2n) is 5.80. The number of piperidine rings is 1. The molecule has 2 aliphatic rings. The standard InChI is InChI=1S/C16H21NO2.ClH/c1-17-13-7-8-14(17)11-15(10-13)19-16(18)9-12-5-3-2-4-6-12;/h2-6,13-15H,7-11H2,1H3;1H. The molecule has 2 saturated heterocycles. The molecule has 110 valence electrons. The van der Waals surface area contributed by atoms with Crippen molar-refractivity contribution in [3.63, 3.8) is 0 Å². The average Bonchev–Trinajstić information content (AvgIpc) is 2.63. The number of fused-ring (bicyclic) bond motifs is 2. The number of nitrogens with zero attached hydrogens (tertiary/aromatic N) is 1. The Balaban J connectivity index is 0.00000147. The maximum atomic E-state index is 12.0.